The van der Waals surface area contributed by atoms with Crippen LogP contribution in [0, 0.1) is 6.92 Å². The first-order valence-electron chi connectivity index (χ1n) is 13.8. The Labute approximate surface area is 234 Å². The molecule has 2 aromatic rings. The van der Waals surface area contributed by atoms with Crippen LogP contribution in [0.25, 0.3) is 11.7 Å². The summed E-state index contributed by atoms with van der Waals surface area (Å²) in [5.74, 6) is 0.382. The van der Waals surface area contributed by atoms with Crippen molar-refractivity contribution in [2.75, 3.05) is 51.3 Å². The number of aromatic nitrogens is 2. The number of morpholine rings is 1. The number of ether oxygens (including phenoxy) is 1. The minimum atomic E-state index is -0.199. The van der Waals surface area contributed by atoms with Crippen LogP contribution in [-0.4, -0.2) is 75.3 Å². The zero-order chi connectivity index (χ0) is 26.9. The molecular formula is C28H39N5O3S2. The Bertz CT molecular complexity index is 1220. The molecule has 2 fully saturated rings. The van der Waals surface area contributed by atoms with Crippen molar-refractivity contribution in [2.24, 2.45) is 0 Å². The number of aryl methyl sites for hydroxylation is 1. The number of fused-ring (bicyclic) bond motifs is 1. The molecule has 4 rings (SSSR count). The van der Waals surface area contributed by atoms with E-state index in [9.17, 15) is 9.59 Å². The van der Waals surface area contributed by atoms with E-state index >= 15 is 0 Å². The molecule has 206 valence electrons. The largest absolute Gasteiger partial charge is 0.379 e. The van der Waals surface area contributed by atoms with Crippen molar-refractivity contribution in [3.63, 3.8) is 0 Å². The Balaban J connectivity index is 1.51. The SMILES string of the molecule is CCCCCCCCN1C(=O)C(=Cc2c(NCCCN3CCOCC3)nc3c(C)cccn3c2=O)SC1=S. The molecule has 38 heavy (non-hydrogen) atoms. The van der Waals surface area contributed by atoms with Gasteiger partial charge in [0.25, 0.3) is 11.5 Å². The van der Waals surface area contributed by atoms with Gasteiger partial charge in [0.15, 0.2) is 0 Å². The van der Waals surface area contributed by atoms with E-state index in [0.29, 0.717) is 39.3 Å². The van der Waals surface area contributed by atoms with E-state index in [-0.39, 0.29) is 11.5 Å². The first-order chi connectivity index (χ1) is 18.5. The van der Waals surface area contributed by atoms with Gasteiger partial charge in [-0.2, -0.15) is 0 Å². The van der Waals surface area contributed by atoms with Gasteiger partial charge in [-0.3, -0.25) is 23.8 Å². The number of thiocarbonyl (C=S) groups is 1. The third kappa shape index (κ3) is 7.22. The van der Waals surface area contributed by atoms with Crippen LogP contribution >= 0.6 is 24.0 Å². The number of unbranched alkanes of at least 4 members (excludes halogenated alkanes) is 5. The van der Waals surface area contributed by atoms with Crippen molar-refractivity contribution in [1.29, 1.82) is 0 Å². The summed E-state index contributed by atoms with van der Waals surface area (Å²) in [6.45, 7) is 9.83. The normalized spacial score (nSPS) is 17.7. The molecule has 0 aromatic carbocycles. The van der Waals surface area contributed by atoms with Gasteiger partial charge in [0.2, 0.25) is 0 Å². The van der Waals surface area contributed by atoms with Crippen LogP contribution in [0.5, 0.6) is 0 Å². The molecule has 8 nitrogen and oxygen atoms in total. The lowest BCUT2D eigenvalue weighted by molar-refractivity contribution is -0.122. The van der Waals surface area contributed by atoms with Crippen LogP contribution in [0.1, 0.15) is 63.0 Å². The second-order valence-electron chi connectivity index (χ2n) is 9.90. The minimum absolute atomic E-state index is 0.124. The summed E-state index contributed by atoms with van der Waals surface area (Å²) >= 11 is 6.81. The molecule has 0 aliphatic carbocycles. The van der Waals surface area contributed by atoms with Gasteiger partial charge in [0, 0.05) is 32.4 Å². The first kappa shape index (κ1) is 28.7. The van der Waals surface area contributed by atoms with Crippen molar-refractivity contribution < 1.29 is 9.53 Å². The minimum Gasteiger partial charge on any atom is -0.379 e. The molecule has 1 amide bonds. The molecule has 1 N–H and O–H groups in total. The molecule has 0 spiro atoms. The summed E-state index contributed by atoms with van der Waals surface area (Å²) in [5.41, 5.74) is 1.72. The highest BCUT2D eigenvalue weighted by molar-refractivity contribution is 8.26. The smallest absolute Gasteiger partial charge is 0.267 e. The number of anilines is 1. The third-order valence-electron chi connectivity index (χ3n) is 7.02. The Morgan fingerprint density at radius 3 is 2.66 bits per heavy atom. The van der Waals surface area contributed by atoms with Crippen LogP contribution in [0.2, 0.25) is 0 Å². The van der Waals surface area contributed by atoms with E-state index in [1.807, 2.05) is 19.1 Å². The lowest BCUT2D eigenvalue weighted by Gasteiger charge is -2.26. The van der Waals surface area contributed by atoms with Gasteiger partial charge < -0.3 is 10.1 Å². The zero-order valence-electron chi connectivity index (χ0n) is 22.5. The molecule has 0 saturated carbocycles. The Kier molecular flexibility index (Phi) is 10.7. The molecule has 2 aliphatic rings. The summed E-state index contributed by atoms with van der Waals surface area (Å²) in [5, 5.41) is 3.39. The number of rotatable bonds is 13. The van der Waals surface area contributed by atoms with Gasteiger partial charge in [0.05, 0.1) is 23.7 Å². The highest BCUT2D eigenvalue weighted by Crippen LogP contribution is 2.33. The van der Waals surface area contributed by atoms with Crippen LogP contribution in [-0.2, 0) is 9.53 Å². The number of nitrogens with zero attached hydrogens (tertiary/aromatic N) is 4. The summed E-state index contributed by atoms with van der Waals surface area (Å²) in [6, 6.07) is 3.78. The summed E-state index contributed by atoms with van der Waals surface area (Å²) in [7, 11) is 0. The predicted molar refractivity (Wildman–Crippen MR) is 160 cm³/mol. The van der Waals surface area contributed by atoms with Crippen LogP contribution in [0.4, 0.5) is 5.82 Å². The molecule has 2 aromatic heterocycles. The maximum Gasteiger partial charge on any atom is 0.267 e. The first-order valence-corrected chi connectivity index (χ1v) is 15.0. The van der Waals surface area contributed by atoms with E-state index in [4.69, 9.17) is 21.9 Å². The maximum atomic E-state index is 13.6. The van der Waals surface area contributed by atoms with Gasteiger partial charge in [-0.05, 0) is 44.0 Å². The molecule has 0 bridgehead atoms. The fourth-order valence-electron chi connectivity index (χ4n) is 4.78. The monoisotopic (exact) mass is 557 g/mol. The van der Waals surface area contributed by atoms with E-state index in [0.717, 1.165) is 57.7 Å². The third-order valence-corrected chi connectivity index (χ3v) is 8.39. The number of nitrogens with one attached hydrogen (secondary N) is 1. The Hall–Kier alpha value is -2.27. The second-order valence-corrected chi connectivity index (χ2v) is 11.6. The van der Waals surface area contributed by atoms with Crippen LogP contribution in [0.3, 0.4) is 0 Å². The molecule has 10 heteroatoms. The summed E-state index contributed by atoms with van der Waals surface area (Å²) in [6.07, 6.45) is 11.2. The van der Waals surface area contributed by atoms with Gasteiger partial charge in [0.1, 0.15) is 15.8 Å². The number of carbonyl (C=O) groups is 1. The summed E-state index contributed by atoms with van der Waals surface area (Å²) in [4.78, 5) is 36.2. The zero-order valence-corrected chi connectivity index (χ0v) is 24.2. The summed E-state index contributed by atoms with van der Waals surface area (Å²) < 4.78 is 7.54. The maximum absolute atomic E-state index is 13.6. The quantitative estimate of drug-likeness (QED) is 0.216. The van der Waals surface area contributed by atoms with Crippen LogP contribution < -0.4 is 10.9 Å². The van der Waals surface area contributed by atoms with Crippen LogP contribution in [0.15, 0.2) is 28.0 Å². The standard InChI is InChI=1S/C28H39N5O3S2/c1-3-4-5-6-7-8-14-33-27(35)23(38-28(33)37)20-22-24(29-12-10-13-31-16-18-36-19-17-31)30-25-21(2)11-9-15-32(25)26(22)34/h9,11,15,20,29H,3-8,10,12-14,16-19H2,1-2H3. The highest BCUT2D eigenvalue weighted by atomic mass is 32.2. The van der Waals surface area contributed by atoms with Gasteiger partial charge >= 0.3 is 0 Å². The van der Waals surface area contributed by atoms with Crippen molar-refractivity contribution in [2.45, 2.75) is 58.8 Å². The predicted octanol–water partition coefficient (Wildman–Crippen LogP) is 4.70. The lowest BCUT2D eigenvalue weighted by Crippen LogP contribution is -2.37. The van der Waals surface area contributed by atoms with E-state index in [1.165, 1.54) is 37.4 Å². The number of pyridine rings is 1. The Morgan fingerprint density at radius 1 is 1.11 bits per heavy atom. The van der Waals surface area contributed by atoms with E-state index in [2.05, 4.69) is 17.1 Å². The molecule has 4 heterocycles. The number of hydrogen-bond acceptors (Lipinski definition) is 8. The van der Waals surface area contributed by atoms with Crippen molar-refractivity contribution in [3.8, 4) is 0 Å². The topological polar surface area (TPSA) is 79.2 Å². The van der Waals surface area contributed by atoms with Crippen molar-refractivity contribution in [1.82, 2.24) is 19.2 Å². The molecule has 0 radical (unpaired) electrons. The molecule has 0 unspecified atom stereocenters. The van der Waals surface area contributed by atoms with Gasteiger partial charge in [-0.1, -0.05) is 69.1 Å². The van der Waals surface area contributed by atoms with E-state index < -0.39 is 0 Å². The van der Waals surface area contributed by atoms with Crippen molar-refractivity contribution in [3.05, 3.63) is 44.7 Å². The fourth-order valence-corrected chi connectivity index (χ4v) is 6.08. The number of thioether (sulfide) groups is 1. The molecule has 2 saturated heterocycles. The molecule has 0 atom stereocenters. The van der Waals surface area contributed by atoms with Crippen molar-refractivity contribution >= 4 is 51.7 Å². The number of carbonyl (C=O) groups excluding carboxylic acids is 1. The number of hydrogen-bond donors (Lipinski definition) is 1. The molecular weight excluding hydrogens is 518 g/mol. The highest BCUT2D eigenvalue weighted by Gasteiger charge is 2.32. The Morgan fingerprint density at radius 2 is 1.87 bits per heavy atom. The molecule has 2 aliphatic heterocycles. The van der Waals surface area contributed by atoms with Gasteiger partial charge in [-0.15, -0.1) is 0 Å². The average molecular weight is 558 g/mol. The fraction of sp³-hybridized carbons (Fsp3) is 0.571. The van der Waals surface area contributed by atoms with E-state index in [1.54, 1.807) is 21.6 Å². The lowest BCUT2D eigenvalue weighted by atomic mass is 10.1. The van der Waals surface area contributed by atoms with Gasteiger partial charge in [-0.25, -0.2) is 4.98 Å². The second kappa shape index (κ2) is 14.2. The average Bonchev–Trinajstić information content (AvgIpc) is 3.19. The number of amides is 1.